The number of aryl methyl sites for hydroxylation is 3. The summed E-state index contributed by atoms with van der Waals surface area (Å²) in [5, 5.41) is 5.30. The number of nitrogens with zero attached hydrogens (tertiary/aromatic N) is 2. The van der Waals surface area contributed by atoms with Crippen LogP contribution in [0.2, 0.25) is 0 Å². The van der Waals surface area contributed by atoms with Gasteiger partial charge >= 0.3 is 0 Å². The van der Waals surface area contributed by atoms with Gasteiger partial charge in [-0.05, 0) is 103 Å². The van der Waals surface area contributed by atoms with E-state index in [-0.39, 0.29) is 5.91 Å². The number of nitrogens with one attached hydrogen (secondary N) is 1. The molecule has 0 saturated carbocycles. The first kappa shape index (κ1) is 27.7. The Morgan fingerprint density at radius 3 is 2.49 bits per heavy atom. The third-order valence-electron chi connectivity index (χ3n) is 6.81. The van der Waals surface area contributed by atoms with Gasteiger partial charge in [0, 0.05) is 30.8 Å². The number of methoxy groups -OCH3 is 1. The predicted octanol–water partition coefficient (Wildman–Crippen LogP) is 7.91. The van der Waals surface area contributed by atoms with Crippen molar-refractivity contribution in [2.75, 3.05) is 7.11 Å². The smallest absolute Gasteiger partial charge is 0.274 e. The molecule has 2 heterocycles. The Morgan fingerprint density at radius 2 is 1.77 bits per heavy atom. The Bertz CT molecular complexity index is 1520. The highest BCUT2D eigenvalue weighted by molar-refractivity contribution is 9.10. The predicted molar refractivity (Wildman–Crippen MR) is 164 cm³/mol. The Kier molecular flexibility index (Phi) is 8.59. The molecule has 2 aromatic carbocycles. The zero-order valence-corrected chi connectivity index (χ0v) is 26.0. The number of hydrogen-bond donors (Lipinski definition) is 1. The van der Waals surface area contributed by atoms with Crippen molar-refractivity contribution in [3.63, 3.8) is 0 Å². The number of carbonyl (C=O) groups excluding carboxylic acids is 1. The second-order valence-corrected chi connectivity index (χ2v) is 12.3. The van der Waals surface area contributed by atoms with E-state index < -0.39 is 0 Å². The number of aromatic nitrogens is 1. The van der Waals surface area contributed by atoms with Gasteiger partial charge in [0.05, 0.1) is 18.9 Å². The first-order chi connectivity index (χ1) is 18.9. The maximum Gasteiger partial charge on any atom is 0.274 e. The van der Waals surface area contributed by atoms with Gasteiger partial charge < -0.3 is 14.0 Å². The number of amides is 1. The van der Waals surface area contributed by atoms with Gasteiger partial charge in [-0.3, -0.25) is 4.79 Å². The third kappa shape index (κ3) is 6.00. The summed E-state index contributed by atoms with van der Waals surface area (Å²) in [6.07, 6.45) is 5.82. The minimum atomic E-state index is -0.189. The van der Waals surface area contributed by atoms with Crippen molar-refractivity contribution < 1.29 is 14.3 Å². The maximum atomic E-state index is 13.5. The average molecular weight is 671 g/mol. The Morgan fingerprint density at radius 1 is 1.05 bits per heavy atom. The molecule has 4 aromatic rings. The van der Waals surface area contributed by atoms with Crippen LogP contribution in [0.1, 0.15) is 56.2 Å². The summed E-state index contributed by atoms with van der Waals surface area (Å²) in [6, 6.07) is 15.8. The molecule has 9 heteroatoms. The minimum absolute atomic E-state index is 0.189. The third-order valence-corrected chi connectivity index (χ3v) is 9.31. The molecule has 39 heavy (non-hydrogen) atoms. The van der Waals surface area contributed by atoms with Crippen molar-refractivity contribution in [1.29, 1.82) is 0 Å². The number of rotatable bonds is 8. The fourth-order valence-electron chi connectivity index (χ4n) is 4.81. The number of fused-ring (bicyclic) bond motifs is 1. The minimum Gasteiger partial charge on any atom is -0.493 e. The number of thiophene rings is 1. The number of hydrazone groups is 1. The highest BCUT2D eigenvalue weighted by Gasteiger charge is 2.27. The summed E-state index contributed by atoms with van der Waals surface area (Å²) in [5.74, 6) is 1.00. The van der Waals surface area contributed by atoms with Gasteiger partial charge in [0.25, 0.3) is 5.91 Å². The highest BCUT2D eigenvalue weighted by Crippen LogP contribution is 2.38. The molecule has 1 N–H and O–H groups in total. The van der Waals surface area contributed by atoms with Crippen molar-refractivity contribution in [2.45, 2.75) is 46.1 Å². The molecule has 0 spiro atoms. The normalized spacial score (nSPS) is 12.9. The maximum absolute atomic E-state index is 13.5. The van der Waals surface area contributed by atoms with Gasteiger partial charge in [0.1, 0.15) is 11.6 Å². The van der Waals surface area contributed by atoms with E-state index in [1.54, 1.807) is 24.7 Å². The summed E-state index contributed by atoms with van der Waals surface area (Å²) >= 11 is 8.79. The van der Waals surface area contributed by atoms with Crippen LogP contribution in [0.5, 0.6) is 11.5 Å². The summed E-state index contributed by atoms with van der Waals surface area (Å²) in [5.41, 5.74) is 8.71. The van der Waals surface area contributed by atoms with E-state index in [9.17, 15) is 4.79 Å². The zero-order chi connectivity index (χ0) is 27.5. The lowest BCUT2D eigenvalue weighted by Crippen LogP contribution is -2.21. The molecule has 2 aromatic heterocycles. The van der Waals surface area contributed by atoms with Crippen molar-refractivity contribution in [2.24, 2.45) is 5.10 Å². The topological polar surface area (TPSA) is 64.8 Å². The molecule has 0 fully saturated rings. The van der Waals surface area contributed by atoms with Crippen LogP contribution in [0.15, 0.2) is 62.6 Å². The van der Waals surface area contributed by atoms with Gasteiger partial charge in [-0.15, -0.1) is 11.3 Å². The molecule has 1 aliphatic rings. The van der Waals surface area contributed by atoms with Gasteiger partial charge in [0.15, 0.2) is 11.5 Å². The van der Waals surface area contributed by atoms with E-state index in [2.05, 4.69) is 72.9 Å². The lowest BCUT2D eigenvalue weighted by molar-refractivity contribution is 0.0954. The molecule has 5 rings (SSSR count). The molecule has 0 bridgehead atoms. The van der Waals surface area contributed by atoms with E-state index >= 15 is 0 Å². The van der Waals surface area contributed by atoms with Crippen LogP contribution >= 0.6 is 43.2 Å². The summed E-state index contributed by atoms with van der Waals surface area (Å²) in [4.78, 5) is 14.8. The number of halogens is 2. The molecule has 0 unspecified atom stereocenters. The second kappa shape index (κ2) is 12.1. The van der Waals surface area contributed by atoms with Gasteiger partial charge in [-0.25, -0.2) is 5.43 Å². The quantitative estimate of drug-likeness (QED) is 0.153. The number of hydrogen-bond acceptors (Lipinski definition) is 5. The molecule has 0 atom stereocenters. The van der Waals surface area contributed by atoms with Crippen molar-refractivity contribution in [3.8, 4) is 16.5 Å². The van der Waals surface area contributed by atoms with E-state index in [0.29, 0.717) is 18.1 Å². The Balaban J connectivity index is 1.35. The first-order valence-electron chi connectivity index (χ1n) is 12.7. The molecule has 0 radical (unpaired) electrons. The summed E-state index contributed by atoms with van der Waals surface area (Å²) in [6.45, 7) is 4.55. The average Bonchev–Trinajstić information content (AvgIpc) is 3.47. The Labute approximate surface area is 249 Å². The van der Waals surface area contributed by atoms with Gasteiger partial charge in [-0.1, -0.05) is 28.1 Å². The standard InChI is InChI=1S/C30H29Br2N3O3S/c1-18-8-9-19(2)35(18)30-28(23-6-4-5-7-27(23)39-30)29(36)34-33-16-21-14-25(37-3)26(15-24(21)32)38-17-20-10-12-22(31)13-11-20/h8-16H,4-7,17H2,1-3H3,(H,34,36)/b33-16-. The molecule has 6 nitrogen and oxygen atoms in total. The molecular weight excluding hydrogens is 642 g/mol. The number of benzene rings is 2. The molecule has 1 amide bonds. The van der Waals surface area contributed by atoms with Gasteiger partial charge in [0.2, 0.25) is 0 Å². The van der Waals surface area contributed by atoms with Crippen LogP contribution in [0.25, 0.3) is 5.00 Å². The fraction of sp³-hybridized carbons (Fsp3) is 0.267. The second-order valence-electron chi connectivity index (χ2n) is 9.48. The summed E-state index contributed by atoms with van der Waals surface area (Å²) < 4.78 is 15.6. The van der Waals surface area contributed by atoms with E-state index in [1.807, 2.05) is 36.4 Å². The monoisotopic (exact) mass is 669 g/mol. The van der Waals surface area contributed by atoms with Crippen LogP contribution in [-0.2, 0) is 19.4 Å². The molecule has 1 aliphatic carbocycles. The number of carbonyl (C=O) groups is 1. The van der Waals surface area contributed by atoms with E-state index in [0.717, 1.165) is 73.3 Å². The van der Waals surface area contributed by atoms with E-state index in [4.69, 9.17) is 9.47 Å². The van der Waals surface area contributed by atoms with Crippen molar-refractivity contribution >= 4 is 55.3 Å². The lowest BCUT2D eigenvalue weighted by atomic mass is 9.95. The molecular formula is C30H29Br2N3O3S. The zero-order valence-electron chi connectivity index (χ0n) is 22.0. The number of ether oxygens (including phenoxy) is 2. The van der Waals surface area contributed by atoms with Crippen molar-refractivity contribution in [3.05, 3.63) is 96.0 Å². The van der Waals surface area contributed by atoms with Crippen molar-refractivity contribution in [1.82, 2.24) is 9.99 Å². The largest absolute Gasteiger partial charge is 0.493 e. The van der Waals surface area contributed by atoms with Crippen LogP contribution in [-0.4, -0.2) is 23.8 Å². The van der Waals surface area contributed by atoms with Crippen LogP contribution in [0.3, 0.4) is 0 Å². The van der Waals surface area contributed by atoms with Crippen LogP contribution in [0, 0.1) is 13.8 Å². The van der Waals surface area contributed by atoms with Gasteiger partial charge in [-0.2, -0.15) is 5.10 Å². The molecule has 202 valence electrons. The van der Waals surface area contributed by atoms with Crippen LogP contribution in [0.4, 0.5) is 0 Å². The Hall–Kier alpha value is -2.88. The molecule has 0 saturated heterocycles. The summed E-state index contributed by atoms with van der Waals surface area (Å²) in [7, 11) is 1.60. The van der Waals surface area contributed by atoms with Crippen LogP contribution < -0.4 is 14.9 Å². The SMILES string of the molecule is COc1cc(/C=N\NC(=O)c2c(-n3c(C)ccc3C)sc3c2CCCC3)c(Br)cc1OCc1ccc(Br)cc1. The lowest BCUT2D eigenvalue weighted by Gasteiger charge is -2.14. The first-order valence-corrected chi connectivity index (χ1v) is 15.1. The highest BCUT2D eigenvalue weighted by atomic mass is 79.9. The van der Waals surface area contributed by atoms with E-state index in [1.165, 1.54) is 4.88 Å². The fourth-order valence-corrected chi connectivity index (χ4v) is 7.01. The molecule has 0 aliphatic heterocycles.